The van der Waals surface area contributed by atoms with E-state index in [0.717, 1.165) is 5.56 Å². The summed E-state index contributed by atoms with van der Waals surface area (Å²) in [6, 6.07) is 9.08. The van der Waals surface area contributed by atoms with Crippen LogP contribution >= 0.6 is 39.1 Å². The summed E-state index contributed by atoms with van der Waals surface area (Å²) in [5, 5.41) is 1.04. The van der Waals surface area contributed by atoms with Crippen molar-refractivity contribution in [3.05, 3.63) is 67.9 Å². The minimum absolute atomic E-state index is 0.229. The smallest absolute Gasteiger partial charge is 0.255 e. The van der Waals surface area contributed by atoms with Crippen molar-refractivity contribution in [2.45, 2.75) is 6.54 Å². The number of amides is 1. The highest BCUT2D eigenvalue weighted by Crippen LogP contribution is 2.24. The van der Waals surface area contributed by atoms with Gasteiger partial charge in [0.25, 0.3) is 5.91 Å². The maximum atomic E-state index is 13.1. The van der Waals surface area contributed by atoms with Gasteiger partial charge in [0, 0.05) is 28.1 Å². The van der Waals surface area contributed by atoms with Crippen LogP contribution in [-0.4, -0.2) is 17.9 Å². The first-order valence-corrected chi connectivity index (χ1v) is 7.58. The van der Waals surface area contributed by atoms with E-state index in [0.29, 0.717) is 26.6 Å². The third-order valence-corrected chi connectivity index (χ3v) is 4.17. The highest BCUT2D eigenvalue weighted by Gasteiger charge is 2.16. The Bertz CT molecular complexity index is 693. The molecule has 0 saturated heterocycles. The van der Waals surface area contributed by atoms with Gasteiger partial charge in [0.05, 0.1) is 5.56 Å². The number of rotatable bonds is 3. The number of halogens is 4. The SMILES string of the molecule is CN(Cc1ccc(Cl)cc1Cl)C(=O)c1ccc(F)cc1Br. The highest BCUT2D eigenvalue weighted by atomic mass is 79.9. The Labute approximate surface area is 140 Å². The standard InChI is InChI=1S/C15H11BrCl2FNO/c1-20(8-9-2-3-10(17)6-14(9)18)15(21)12-5-4-11(19)7-13(12)16/h2-7H,8H2,1H3. The normalized spacial score (nSPS) is 10.5. The van der Waals surface area contributed by atoms with Gasteiger partial charge >= 0.3 is 0 Å². The molecule has 0 heterocycles. The minimum Gasteiger partial charge on any atom is -0.337 e. The second-order valence-corrected chi connectivity index (χ2v) is 6.22. The molecule has 0 aliphatic carbocycles. The van der Waals surface area contributed by atoms with Gasteiger partial charge in [-0.2, -0.15) is 0 Å². The molecule has 0 spiro atoms. The zero-order valence-corrected chi connectivity index (χ0v) is 14.1. The lowest BCUT2D eigenvalue weighted by atomic mass is 10.1. The molecule has 6 heteroatoms. The lowest BCUT2D eigenvalue weighted by molar-refractivity contribution is 0.0784. The topological polar surface area (TPSA) is 20.3 Å². The molecule has 1 amide bonds. The summed E-state index contributed by atoms with van der Waals surface area (Å²) < 4.78 is 13.5. The minimum atomic E-state index is -0.401. The third kappa shape index (κ3) is 3.96. The average Bonchev–Trinajstić information content (AvgIpc) is 2.41. The summed E-state index contributed by atoms with van der Waals surface area (Å²) in [6.07, 6.45) is 0. The molecular weight excluding hydrogens is 380 g/mol. The van der Waals surface area contributed by atoms with E-state index < -0.39 is 5.82 Å². The highest BCUT2D eigenvalue weighted by molar-refractivity contribution is 9.10. The van der Waals surface area contributed by atoms with E-state index in [-0.39, 0.29) is 5.91 Å². The van der Waals surface area contributed by atoms with E-state index in [4.69, 9.17) is 23.2 Å². The largest absolute Gasteiger partial charge is 0.337 e. The summed E-state index contributed by atoms with van der Waals surface area (Å²) >= 11 is 15.1. The third-order valence-electron chi connectivity index (χ3n) is 2.93. The first kappa shape index (κ1) is 16.3. The number of hydrogen-bond donors (Lipinski definition) is 0. The van der Waals surface area contributed by atoms with Gasteiger partial charge in [-0.05, 0) is 51.8 Å². The predicted molar refractivity (Wildman–Crippen MR) is 86.4 cm³/mol. The number of hydrogen-bond acceptors (Lipinski definition) is 1. The van der Waals surface area contributed by atoms with Crippen LogP contribution in [0, 0.1) is 5.82 Å². The molecule has 2 rings (SSSR count). The number of benzene rings is 2. The lowest BCUT2D eigenvalue weighted by Crippen LogP contribution is -2.26. The van der Waals surface area contributed by atoms with Crippen LogP contribution in [0.4, 0.5) is 4.39 Å². The van der Waals surface area contributed by atoms with Crippen LogP contribution in [0.1, 0.15) is 15.9 Å². The van der Waals surface area contributed by atoms with E-state index in [9.17, 15) is 9.18 Å². The fourth-order valence-corrected chi connectivity index (χ4v) is 2.83. The van der Waals surface area contributed by atoms with Crippen LogP contribution < -0.4 is 0 Å². The Morgan fingerprint density at radius 1 is 1.24 bits per heavy atom. The summed E-state index contributed by atoms with van der Waals surface area (Å²) in [5.41, 5.74) is 1.18. The molecule has 0 bridgehead atoms. The zero-order chi connectivity index (χ0) is 15.6. The van der Waals surface area contributed by atoms with Crippen molar-refractivity contribution in [3.63, 3.8) is 0 Å². The fraction of sp³-hybridized carbons (Fsp3) is 0.133. The summed E-state index contributed by atoms with van der Waals surface area (Å²) in [7, 11) is 1.66. The van der Waals surface area contributed by atoms with E-state index in [1.54, 1.807) is 25.2 Å². The molecule has 0 aliphatic heterocycles. The number of carbonyl (C=O) groups excluding carboxylic acids is 1. The Morgan fingerprint density at radius 2 is 1.95 bits per heavy atom. The van der Waals surface area contributed by atoms with Crippen LogP contribution in [-0.2, 0) is 6.54 Å². The molecule has 0 radical (unpaired) electrons. The van der Waals surface area contributed by atoms with Crippen molar-refractivity contribution in [2.75, 3.05) is 7.05 Å². The lowest BCUT2D eigenvalue weighted by Gasteiger charge is -2.19. The zero-order valence-electron chi connectivity index (χ0n) is 11.0. The molecular formula is C15H11BrCl2FNO. The maximum Gasteiger partial charge on any atom is 0.255 e. The summed E-state index contributed by atoms with van der Waals surface area (Å²) in [5.74, 6) is -0.630. The molecule has 0 fully saturated rings. The van der Waals surface area contributed by atoms with E-state index in [1.807, 2.05) is 0 Å². The van der Waals surface area contributed by atoms with Gasteiger partial charge in [-0.15, -0.1) is 0 Å². The van der Waals surface area contributed by atoms with Crippen molar-refractivity contribution in [1.29, 1.82) is 0 Å². The van der Waals surface area contributed by atoms with Gasteiger partial charge in [0.2, 0.25) is 0 Å². The molecule has 0 aliphatic rings. The molecule has 0 aromatic heterocycles. The molecule has 0 N–H and O–H groups in total. The van der Waals surface area contributed by atoms with Crippen molar-refractivity contribution >= 4 is 45.0 Å². The van der Waals surface area contributed by atoms with Gasteiger partial charge < -0.3 is 4.90 Å². The molecule has 21 heavy (non-hydrogen) atoms. The van der Waals surface area contributed by atoms with Crippen LogP contribution in [0.15, 0.2) is 40.9 Å². The van der Waals surface area contributed by atoms with E-state index in [2.05, 4.69) is 15.9 Å². The van der Waals surface area contributed by atoms with Crippen LogP contribution in [0.25, 0.3) is 0 Å². The van der Waals surface area contributed by atoms with Crippen molar-refractivity contribution < 1.29 is 9.18 Å². The van der Waals surface area contributed by atoms with Crippen LogP contribution in [0.2, 0.25) is 10.0 Å². The first-order valence-electron chi connectivity index (χ1n) is 6.03. The van der Waals surface area contributed by atoms with Gasteiger partial charge in [-0.25, -0.2) is 4.39 Å². The number of carbonyl (C=O) groups is 1. The summed E-state index contributed by atoms with van der Waals surface area (Å²) in [4.78, 5) is 13.9. The molecule has 0 unspecified atom stereocenters. The van der Waals surface area contributed by atoms with Gasteiger partial charge in [-0.3, -0.25) is 4.79 Å². The quantitative estimate of drug-likeness (QED) is 0.708. The van der Waals surface area contributed by atoms with Crippen molar-refractivity contribution in [3.8, 4) is 0 Å². The predicted octanol–water partition coefficient (Wildman–Crippen LogP) is 5.17. The number of nitrogens with zero attached hydrogens (tertiary/aromatic N) is 1. The van der Waals surface area contributed by atoms with Crippen LogP contribution in [0.3, 0.4) is 0 Å². The average molecular weight is 391 g/mol. The molecule has 0 atom stereocenters. The summed E-state index contributed by atoms with van der Waals surface area (Å²) in [6.45, 7) is 0.332. The molecule has 2 nitrogen and oxygen atoms in total. The van der Waals surface area contributed by atoms with Crippen molar-refractivity contribution in [2.24, 2.45) is 0 Å². The van der Waals surface area contributed by atoms with Gasteiger partial charge in [-0.1, -0.05) is 29.3 Å². The molecule has 110 valence electrons. The first-order chi connectivity index (χ1) is 9.88. The van der Waals surface area contributed by atoms with Gasteiger partial charge in [0.1, 0.15) is 5.82 Å². The fourth-order valence-electron chi connectivity index (χ4n) is 1.85. The van der Waals surface area contributed by atoms with Crippen molar-refractivity contribution in [1.82, 2.24) is 4.90 Å². The molecule has 2 aromatic carbocycles. The molecule has 2 aromatic rings. The Hall–Kier alpha value is -1.10. The second-order valence-electron chi connectivity index (χ2n) is 4.52. The Morgan fingerprint density at radius 3 is 2.57 bits per heavy atom. The van der Waals surface area contributed by atoms with Crippen LogP contribution in [0.5, 0.6) is 0 Å². The maximum absolute atomic E-state index is 13.1. The molecule has 0 saturated carbocycles. The second kappa shape index (κ2) is 6.77. The van der Waals surface area contributed by atoms with Gasteiger partial charge in [0.15, 0.2) is 0 Å². The monoisotopic (exact) mass is 389 g/mol. The Balaban J connectivity index is 2.19. The van der Waals surface area contributed by atoms with E-state index >= 15 is 0 Å². The van der Waals surface area contributed by atoms with E-state index in [1.165, 1.54) is 23.1 Å². The Kier molecular flexibility index (Phi) is 5.25.